The number of anilines is 1. The van der Waals surface area contributed by atoms with Crippen molar-refractivity contribution in [2.75, 3.05) is 24.7 Å². The van der Waals surface area contributed by atoms with Crippen molar-refractivity contribution >= 4 is 17.6 Å². The van der Waals surface area contributed by atoms with Crippen molar-refractivity contribution in [3.8, 4) is 5.75 Å². The van der Waals surface area contributed by atoms with Crippen LogP contribution in [0.25, 0.3) is 0 Å². The number of pyridine rings is 1. The highest BCUT2D eigenvalue weighted by molar-refractivity contribution is 8.00. The van der Waals surface area contributed by atoms with E-state index in [2.05, 4.69) is 37.3 Å². The predicted molar refractivity (Wildman–Crippen MR) is 85.3 cm³/mol. The zero-order valence-corrected chi connectivity index (χ0v) is 13.3. The average molecular weight is 282 g/mol. The highest BCUT2D eigenvalue weighted by Crippen LogP contribution is 2.31. The quantitative estimate of drug-likeness (QED) is 0.736. The molecule has 1 aromatic rings. The Morgan fingerprint density at radius 1 is 1.32 bits per heavy atom. The van der Waals surface area contributed by atoms with Crippen molar-refractivity contribution in [3.05, 3.63) is 18.3 Å². The van der Waals surface area contributed by atoms with Crippen LogP contribution in [0.1, 0.15) is 40.0 Å². The summed E-state index contributed by atoms with van der Waals surface area (Å²) in [5.74, 6) is 1.71. The maximum absolute atomic E-state index is 5.72. The highest BCUT2D eigenvalue weighted by Gasteiger charge is 2.25. The van der Waals surface area contributed by atoms with Gasteiger partial charge in [-0.25, -0.2) is 4.98 Å². The van der Waals surface area contributed by atoms with E-state index in [0.29, 0.717) is 0 Å². The van der Waals surface area contributed by atoms with Gasteiger partial charge in [-0.05, 0) is 37.7 Å². The fourth-order valence-electron chi connectivity index (χ4n) is 1.96. The molecule has 19 heavy (non-hydrogen) atoms. The van der Waals surface area contributed by atoms with Gasteiger partial charge < -0.3 is 10.1 Å². The number of aromatic nitrogens is 1. The lowest BCUT2D eigenvalue weighted by molar-refractivity contribution is 0.317. The van der Waals surface area contributed by atoms with Gasteiger partial charge in [-0.3, -0.25) is 0 Å². The van der Waals surface area contributed by atoms with Crippen molar-refractivity contribution in [3.63, 3.8) is 0 Å². The third-order valence-electron chi connectivity index (χ3n) is 3.53. The first-order chi connectivity index (χ1) is 9.21. The summed E-state index contributed by atoms with van der Waals surface area (Å²) in [6, 6.07) is 3.89. The van der Waals surface area contributed by atoms with Crippen LogP contribution in [0, 0.1) is 0 Å². The summed E-state index contributed by atoms with van der Waals surface area (Å²) in [5.41, 5.74) is 0. The van der Waals surface area contributed by atoms with Crippen LogP contribution < -0.4 is 10.1 Å². The Bertz CT molecular complexity index is 359. The normalized spacial score (nSPS) is 11.4. The molecule has 0 unspecified atom stereocenters. The highest BCUT2D eigenvalue weighted by atomic mass is 32.2. The van der Waals surface area contributed by atoms with Crippen LogP contribution in [0.5, 0.6) is 5.75 Å². The standard InChI is InChI=1S/C15H26N2OS/c1-5-11-18-13-9-8-10-16-14(13)17-12-15(6-2,7-3)19-4/h8-10H,5-7,11-12H2,1-4H3,(H,16,17). The Balaban J connectivity index is 2.71. The summed E-state index contributed by atoms with van der Waals surface area (Å²) in [4.78, 5) is 4.39. The average Bonchev–Trinajstić information content (AvgIpc) is 2.48. The van der Waals surface area contributed by atoms with Crippen LogP contribution in [0.15, 0.2) is 18.3 Å². The number of hydrogen-bond donors (Lipinski definition) is 1. The molecule has 0 aliphatic rings. The molecule has 0 atom stereocenters. The Labute approximate surface area is 121 Å². The fourth-order valence-corrected chi connectivity index (χ4v) is 2.75. The molecule has 1 aromatic heterocycles. The van der Waals surface area contributed by atoms with Gasteiger partial charge in [0.15, 0.2) is 11.6 Å². The van der Waals surface area contributed by atoms with Crippen molar-refractivity contribution in [1.82, 2.24) is 4.98 Å². The number of ether oxygens (including phenoxy) is 1. The summed E-state index contributed by atoms with van der Waals surface area (Å²) in [7, 11) is 0. The second-order valence-electron chi connectivity index (χ2n) is 4.65. The molecule has 0 amide bonds. The molecule has 1 heterocycles. The second-order valence-corrected chi connectivity index (χ2v) is 5.92. The molecule has 0 bridgehead atoms. The minimum absolute atomic E-state index is 0.277. The Morgan fingerprint density at radius 3 is 2.63 bits per heavy atom. The Kier molecular flexibility index (Phi) is 7.06. The van der Waals surface area contributed by atoms with Crippen LogP contribution in [0.2, 0.25) is 0 Å². The smallest absolute Gasteiger partial charge is 0.168 e. The Hall–Kier alpha value is -0.900. The lowest BCUT2D eigenvalue weighted by Crippen LogP contribution is -2.32. The molecule has 0 saturated heterocycles. The molecular weight excluding hydrogens is 256 g/mol. The van der Waals surface area contributed by atoms with Crippen molar-refractivity contribution < 1.29 is 4.74 Å². The van der Waals surface area contributed by atoms with E-state index in [0.717, 1.165) is 44.0 Å². The van der Waals surface area contributed by atoms with Crippen LogP contribution in [-0.2, 0) is 0 Å². The lowest BCUT2D eigenvalue weighted by Gasteiger charge is -2.30. The van der Waals surface area contributed by atoms with E-state index in [1.54, 1.807) is 6.20 Å². The van der Waals surface area contributed by atoms with Crippen molar-refractivity contribution in [2.45, 2.75) is 44.8 Å². The molecule has 0 aromatic carbocycles. The molecule has 4 heteroatoms. The number of thioether (sulfide) groups is 1. The van der Waals surface area contributed by atoms with Crippen LogP contribution in [0.3, 0.4) is 0 Å². The van der Waals surface area contributed by atoms with Crippen LogP contribution in [0.4, 0.5) is 5.82 Å². The van der Waals surface area contributed by atoms with E-state index in [1.165, 1.54) is 0 Å². The van der Waals surface area contributed by atoms with Gasteiger partial charge in [-0.2, -0.15) is 11.8 Å². The van der Waals surface area contributed by atoms with Crippen LogP contribution in [-0.4, -0.2) is 29.1 Å². The maximum atomic E-state index is 5.72. The molecule has 0 saturated carbocycles. The number of rotatable bonds is 9. The molecule has 0 spiro atoms. The van der Waals surface area contributed by atoms with Gasteiger partial charge in [0.25, 0.3) is 0 Å². The Morgan fingerprint density at radius 2 is 2.05 bits per heavy atom. The SMILES string of the molecule is CCCOc1cccnc1NCC(CC)(CC)SC. The minimum Gasteiger partial charge on any atom is -0.490 e. The number of hydrogen-bond acceptors (Lipinski definition) is 4. The summed E-state index contributed by atoms with van der Waals surface area (Å²) in [6.07, 6.45) is 7.29. The molecule has 0 aliphatic heterocycles. The summed E-state index contributed by atoms with van der Waals surface area (Å²) in [6.45, 7) is 8.25. The number of nitrogens with zero attached hydrogens (tertiary/aromatic N) is 1. The lowest BCUT2D eigenvalue weighted by atomic mass is 10.0. The van der Waals surface area contributed by atoms with Gasteiger partial charge in [-0.1, -0.05) is 20.8 Å². The molecule has 1 N–H and O–H groups in total. The van der Waals surface area contributed by atoms with Gasteiger partial charge in [0.2, 0.25) is 0 Å². The first kappa shape index (κ1) is 16.2. The molecule has 108 valence electrons. The van der Waals surface area contributed by atoms with Crippen molar-refractivity contribution in [2.24, 2.45) is 0 Å². The monoisotopic (exact) mass is 282 g/mol. The fraction of sp³-hybridized carbons (Fsp3) is 0.667. The van der Waals surface area contributed by atoms with Gasteiger partial charge in [0.1, 0.15) is 0 Å². The van der Waals surface area contributed by atoms with Gasteiger partial charge in [0.05, 0.1) is 6.61 Å². The molecule has 1 rings (SSSR count). The summed E-state index contributed by atoms with van der Waals surface area (Å²) >= 11 is 1.93. The molecule has 3 nitrogen and oxygen atoms in total. The zero-order chi connectivity index (χ0) is 14.1. The minimum atomic E-state index is 0.277. The van der Waals surface area contributed by atoms with Gasteiger partial charge in [0, 0.05) is 17.5 Å². The van der Waals surface area contributed by atoms with E-state index >= 15 is 0 Å². The van der Waals surface area contributed by atoms with Crippen LogP contribution >= 0.6 is 11.8 Å². The number of nitrogens with one attached hydrogen (secondary N) is 1. The molecule has 0 fully saturated rings. The topological polar surface area (TPSA) is 34.1 Å². The van der Waals surface area contributed by atoms with Crippen molar-refractivity contribution in [1.29, 1.82) is 0 Å². The molecular formula is C15H26N2OS. The molecule has 0 radical (unpaired) electrons. The third-order valence-corrected chi connectivity index (χ3v) is 5.12. The first-order valence-corrected chi connectivity index (χ1v) is 8.30. The third kappa shape index (κ3) is 4.60. The van der Waals surface area contributed by atoms with Gasteiger partial charge >= 0.3 is 0 Å². The zero-order valence-electron chi connectivity index (χ0n) is 12.5. The van der Waals surface area contributed by atoms with Gasteiger partial charge in [-0.15, -0.1) is 0 Å². The summed E-state index contributed by atoms with van der Waals surface area (Å²) in [5, 5.41) is 3.46. The van der Waals surface area contributed by atoms with E-state index in [4.69, 9.17) is 4.74 Å². The summed E-state index contributed by atoms with van der Waals surface area (Å²) < 4.78 is 6.00. The first-order valence-electron chi connectivity index (χ1n) is 7.08. The molecule has 0 aliphatic carbocycles. The van der Waals surface area contributed by atoms with E-state index < -0.39 is 0 Å². The largest absolute Gasteiger partial charge is 0.490 e. The van der Waals surface area contributed by atoms with E-state index in [-0.39, 0.29) is 4.75 Å². The second kappa shape index (κ2) is 8.31. The van der Waals surface area contributed by atoms with E-state index in [9.17, 15) is 0 Å². The van der Waals surface area contributed by atoms with E-state index in [1.807, 2.05) is 23.9 Å². The predicted octanol–water partition coefficient (Wildman–Crippen LogP) is 4.20. The maximum Gasteiger partial charge on any atom is 0.168 e.